The number of nitrogens with two attached hydrogens (primary N) is 1. The molecule has 0 aliphatic heterocycles. The predicted octanol–water partition coefficient (Wildman–Crippen LogP) is 3.20. The minimum Gasteiger partial charge on any atom is -0.389 e. The maximum absolute atomic E-state index is 13.1. The topological polar surface area (TPSA) is 38.5 Å². The van der Waals surface area contributed by atoms with Crippen molar-refractivity contribution in [3.63, 3.8) is 0 Å². The van der Waals surface area contributed by atoms with E-state index in [2.05, 4.69) is 12.2 Å². The molecule has 0 aromatic heterocycles. The molecular weight excluding hydrogens is 301 g/mol. The van der Waals surface area contributed by atoms with Crippen LogP contribution in [-0.4, -0.2) is 31.3 Å². The molecule has 0 spiro atoms. The van der Waals surface area contributed by atoms with E-state index in [1.807, 2.05) is 18.7 Å². The number of alkyl halides is 3. The number of hydrogen-bond donors (Lipinski definition) is 1. The Morgan fingerprint density at radius 3 is 2.48 bits per heavy atom. The lowest BCUT2D eigenvalue weighted by Crippen LogP contribution is -2.28. The van der Waals surface area contributed by atoms with Gasteiger partial charge in [-0.1, -0.05) is 12.2 Å². The van der Waals surface area contributed by atoms with Gasteiger partial charge in [0.05, 0.1) is 12.2 Å². The molecule has 2 N–H and O–H groups in total. The molecule has 0 bridgehead atoms. The summed E-state index contributed by atoms with van der Waals surface area (Å²) >= 11 is 4.69. The third-order valence-corrected chi connectivity index (χ3v) is 3.25. The van der Waals surface area contributed by atoms with Gasteiger partial charge < -0.3 is 15.4 Å². The number of ether oxygens (including phenoxy) is 1. The van der Waals surface area contributed by atoms with E-state index in [9.17, 15) is 13.2 Å². The van der Waals surface area contributed by atoms with Gasteiger partial charge >= 0.3 is 6.18 Å². The second-order valence-corrected chi connectivity index (χ2v) is 4.81. The first-order chi connectivity index (χ1) is 9.81. The van der Waals surface area contributed by atoms with Crippen LogP contribution in [0.25, 0.3) is 0 Å². The quantitative estimate of drug-likeness (QED) is 0.618. The SMILES string of the molecule is CCOCCN(CC)c1ccc(C(N)=S)c(C(F)(F)F)c1. The summed E-state index contributed by atoms with van der Waals surface area (Å²) in [4.78, 5) is 1.56. The summed E-state index contributed by atoms with van der Waals surface area (Å²) < 4.78 is 44.6. The Labute approximate surface area is 127 Å². The first-order valence-electron chi connectivity index (χ1n) is 6.65. The summed E-state index contributed by atoms with van der Waals surface area (Å²) in [5.41, 5.74) is 4.89. The van der Waals surface area contributed by atoms with E-state index in [4.69, 9.17) is 10.5 Å². The van der Waals surface area contributed by atoms with E-state index in [-0.39, 0.29) is 10.6 Å². The molecule has 0 saturated heterocycles. The fourth-order valence-electron chi connectivity index (χ4n) is 1.97. The van der Waals surface area contributed by atoms with Gasteiger partial charge in [-0.15, -0.1) is 0 Å². The van der Waals surface area contributed by atoms with Gasteiger partial charge in [-0.25, -0.2) is 0 Å². The zero-order valence-electron chi connectivity index (χ0n) is 12.0. The average molecular weight is 320 g/mol. The largest absolute Gasteiger partial charge is 0.417 e. The van der Waals surface area contributed by atoms with E-state index in [0.717, 1.165) is 6.07 Å². The lowest BCUT2D eigenvalue weighted by Gasteiger charge is -2.24. The Kier molecular flexibility index (Phi) is 6.42. The third kappa shape index (κ3) is 4.86. The lowest BCUT2D eigenvalue weighted by molar-refractivity contribution is -0.137. The molecule has 1 aromatic carbocycles. The Morgan fingerprint density at radius 1 is 1.33 bits per heavy atom. The maximum Gasteiger partial charge on any atom is 0.417 e. The van der Waals surface area contributed by atoms with Crippen molar-refractivity contribution in [3.8, 4) is 0 Å². The van der Waals surface area contributed by atoms with Crippen LogP contribution >= 0.6 is 12.2 Å². The Balaban J connectivity index is 3.11. The van der Waals surface area contributed by atoms with Crippen molar-refractivity contribution in [2.75, 3.05) is 31.2 Å². The summed E-state index contributed by atoms with van der Waals surface area (Å²) in [5, 5.41) is 0. The molecule has 1 aromatic rings. The van der Waals surface area contributed by atoms with Crippen molar-refractivity contribution in [2.45, 2.75) is 20.0 Å². The number of rotatable bonds is 7. The number of halogens is 3. The van der Waals surface area contributed by atoms with Gasteiger partial charge in [0, 0.05) is 30.9 Å². The van der Waals surface area contributed by atoms with Crippen LogP contribution in [0.2, 0.25) is 0 Å². The Bertz CT molecular complexity index is 492. The van der Waals surface area contributed by atoms with Crippen LogP contribution in [0.15, 0.2) is 18.2 Å². The van der Waals surface area contributed by atoms with Gasteiger partial charge in [0.2, 0.25) is 0 Å². The lowest BCUT2D eigenvalue weighted by atomic mass is 10.1. The van der Waals surface area contributed by atoms with Gasteiger partial charge in [0.25, 0.3) is 0 Å². The van der Waals surface area contributed by atoms with Crippen molar-refractivity contribution < 1.29 is 17.9 Å². The molecule has 3 nitrogen and oxygen atoms in total. The fourth-order valence-corrected chi connectivity index (χ4v) is 2.15. The van der Waals surface area contributed by atoms with Crippen LogP contribution in [0.3, 0.4) is 0 Å². The number of anilines is 1. The molecule has 0 unspecified atom stereocenters. The molecule has 0 amide bonds. The second-order valence-electron chi connectivity index (χ2n) is 4.37. The monoisotopic (exact) mass is 320 g/mol. The molecule has 0 heterocycles. The van der Waals surface area contributed by atoms with E-state index in [1.165, 1.54) is 6.07 Å². The van der Waals surface area contributed by atoms with Crippen LogP contribution < -0.4 is 10.6 Å². The molecule has 0 aliphatic rings. The first kappa shape index (κ1) is 17.7. The van der Waals surface area contributed by atoms with Crippen LogP contribution in [0.1, 0.15) is 25.0 Å². The van der Waals surface area contributed by atoms with E-state index in [0.29, 0.717) is 32.0 Å². The predicted molar refractivity (Wildman–Crippen MR) is 81.7 cm³/mol. The highest BCUT2D eigenvalue weighted by atomic mass is 32.1. The molecule has 0 atom stereocenters. The number of benzene rings is 1. The zero-order chi connectivity index (χ0) is 16.0. The van der Waals surface area contributed by atoms with Gasteiger partial charge in [0.15, 0.2) is 0 Å². The van der Waals surface area contributed by atoms with E-state index >= 15 is 0 Å². The summed E-state index contributed by atoms with van der Waals surface area (Å²) in [5.74, 6) is 0. The minimum absolute atomic E-state index is 0.151. The highest BCUT2D eigenvalue weighted by molar-refractivity contribution is 7.80. The molecular formula is C14H19F3N2OS. The molecule has 0 saturated carbocycles. The van der Waals surface area contributed by atoms with Gasteiger partial charge in [-0.2, -0.15) is 13.2 Å². The van der Waals surface area contributed by atoms with Crippen molar-refractivity contribution in [1.29, 1.82) is 0 Å². The van der Waals surface area contributed by atoms with Gasteiger partial charge in [0.1, 0.15) is 4.99 Å². The van der Waals surface area contributed by atoms with Crippen LogP contribution in [-0.2, 0) is 10.9 Å². The number of thiocarbonyl (C=S) groups is 1. The molecule has 21 heavy (non-hydrogen) atoms. The summed E-state index contributed by atoms with van der Waals surface area (Å²) in [6, 6.07) is 4.01. The molecule has 118 valence electrons. The highest BCUT2D eigenvalue weighted by Crippen LogP contribution is 2.34. The van der Waals surface area contributed by atoms with Crippen LogP contribution in [0, 0.1) is 0 Å². The average Bonchev–Trinajstić information content (AvgIpc) is 2.42. The van der Waals surface area contributed by atoms with Crippen LogP contribution in [0.5, 0.6) is 0 Å². The normalized spacial score (nSPS) is 11.5. The van der Waals surface area contributed by atoms with Crippen molar-refractivity contribution >= 4 is 22.9 Å². The summed E-state index contributed by atoms with van der Waals surface area (Å²) in [7, 11) is 0. The number of hydrogen-bond acceptors (Lipinski definition) is 3. The fraction of sp³-hybridized carbons (Fsp3) is 0.500. The van der Waals surface area contributed by atoms with Gasteiger partial charge in [-0.05, 0) is 32.0 Å². The Hall–Kier alpha value is -1.34. The van der Waals surface area contributed by atoms with E-state index in [1.54, 1.807) is 6.07 Å². The number of nitrogens with zero attached hydrogens (tertiary/aromatic N) is 1. The first-order valence-corrected chi connectivity index (χ1v) is 7.05. The molecule has 1 rings (SSSR count). The number of likely N-dealkylation sites (N-methyl/N-ethyl adjacent to an activating group) is 1. The van der Waals surface area contributed by atoms with Crippen molar-refractivity contribution in [2.24, 2.45) is 5.73 Å². The molecule has 0 aliphatic carbocycles. The van der Waals surface area contributed by atoms with Crippen molar-refractivity contribution in [3.05, 3.63) is 29.3 Å². The summed E-state index contributed by atoms with van der Waals surface area (Å²) in [6.45, 7) is 5.88. The maximum atomic E-state index is 13.1. The van der Waals surface area contributed by atoms with E-state index < -0.39 is 11.7 Å². The molecule has 7 heteroatoms. The zero-order valence-corrected chi connectivity index (χ0v) is 12.9. The summed E-state index contributed by atoms with van der Waals surface area (Å²) in [6.07, 6.45) is -4.49. The third-order valence-electron chi connectivity index (χ3n) is 3.03. The second kappa shape index (κ2) is 7.61. The van der Waals surface area contributed by atoms with Crippen LogP contribution in [0.4, 0.5) is 18.9 Å². The molecule has 0 radical (unpaired) electrons. The Morgan fingerprint density at radius 2 is 2.00 bits per heavy atom. The molecule has 0 fully saturated rings. The highest BCUT2D eigenvalue weighted by Gasteiger charge is 2.34. The minimum atomic E-state index is -4.49. The van der Waals surface area contributed by atoms with Crippen molar-refractivity contribution in [1.82, 2.24) is 0 Å². The standard InChI is InChI=1S/C14H19F3N2OS/c1-3-19(7-8-20-4-2)10-5-6-11(13(18)21)12(9-10)14(15,16)17/h5-6,9H,3-4,7-8H2,1-2H3,(H2,18,21). The smallest absolute Gasteiger partial charge is 0.389 e. The van der Waals surface area contributed by atoms with Gasteiger partial charge in [-0.3, -0.25) is 0 Å².